The monoisotopic (exact) mass is 180 g/mol. The molecule has 5 nitrogen and oxygen atoms in total. The Labute approximate surface area is 66.5 Å². The van der Waals surface area contributed by atoms with Crippen molar-refractivity contribution in [3.05, 3.63) is 0 Å². The molecule has 0 aromatic rings. The number of sulfonamides is 1. The van der Waals surface area contributed by atoms with Crippen LogP contribution in [0.5, 0.6) is 0 Å². The molecule has 0 rings (SSSR count). The van der Waals surface area contributed by atoms with Gasteiger partial charge in [-0.1, -0.05) is 5.16 Å². The lowest BCUT2D eigenvalue weighted by Crippen LogP contribution is -2.25. The summed E-state index contributed by atoms with van der Waals surface area (Å²) in [4.78, 5) is 4.62. The molecule has 0 radical (unpaired) electrons. The van der Waals surface area contributed by atoms with Gasteiger partial charge in [-0.3, -0.25) is 0 Å². The second-order valence-electron chi connectivity index (χ2n) is 1.86. The zero-order valence-electron chi connectivity index (χ0n) is 6.57. The fourth-order valence-electron chi connectivity index (χ4n) is 0.400. The van der Waals surface area contributed by atoms with Crippen LogP contribution >= 0.6 is 0 Å². The predicted octanol–water partition coefficient (Wildman–Crippen LogP) is -0.442. The van der Waals surface area contributed by atoms with Gasteiger partial charge in [-0.15, -0.1) is 0 Å². The first kappa shape index (κ1) is 10.4. The van der Waals surface area contributed by atoms with Crippen LogP contribution in [0.25, 0.3) is 0 Å². The maximum atomic E-state index is 10.5. The third-order valence-corrected chi connectivity index (χ3v) is 1.47. The molecule has 11 heavy (non-hydrogen) atoms. The maximum absolute atomic E-state index is 10.5. The standard InChI is InChI=1S/C5H12N2O3S/c1-3-6-10-5-4-7-11(2,8)9/h3,7H,4-5H2,1-2H3/b6-3+. The Balaban J connectivity index is 3.29. The van der Waals surface area contributed by atoms with E-state index in [9.17, 15) is 8.42 Å². The average molecular weight is 180 g/mol. The Bertz CT molecular complexity index is 210. The van der Waals surface area contributed by atoms with Crippen molar-refractivity contribution in [2.75, 3.05) is 19.4 Å². The van der Waals surface area contributed by atoms with Crippen LogP contribution in [-0.2, 0) is 14.9 Å². The number of rotatable bonds is 5. The first-order chi connectivity index (χ1) is 5.06. The number of hydrogen-bond acceptors (Lipinski definition) is 4. The van der Waals surface area contributed by atoms with E-state index >= 15 is 0 Å². The first-order valence-electron chi connectivity index (χ1n) is 3.11. The molecule has 6 heteroatoms. The Morgan fingerprint density at radius 3 is 2.73 bits per heavy atom. The summed E-state index contributed by atoms with van der Waals surface area (Å²) in [5, 5.41) is 3.43. The van der Waals surface area contributed by atoms with Gasteiger partial charge in [-0.2, -0.15) is 0 Å². The van der Waals surface area contributed by atoms with E-state index in [1.165, 1.54) is 6.21 Å². The van der Waals surface area contributed by atoms with Gasteiger partial charge in [-0.25, -0.2) is 13.1 Å². The highest BCUT2D eigenvalue weighted by Gasteiger charge is 1.97. The van der Waals surface area contributed by atoms with E-state index in [-0.39, 0.29) is 13.2 Å². The minimum absolute atomic E-state index is 0.246. The lowest BCUT2D eigenvalue weighted by atomic mass is 10.7. The van der Waals surface area contributed by atoms with E-state index in [0.29, 0.717) is 0 Å². The summed E-state index contributed by atoms with van der Waals surface area (Å²) >= 11 is 0. The van der Waals surface area contributed by atoms with Crippen LogP contribution in [0.1, 0.15) is 6.92 Å². The molecule has 0 aliphatic heterocycles. The van der Waals surface area contributed by atoms with E-state index in [2.05, 4.69) is 14.7 Å². The van der Waals surface area contributed by atoms with Gasteiger partial charge in [0, 0.05) is 12.8 Å². The lowest BCUT2D eigenvalue weighted by Gasteiger charge is -1.99. The van der Waals surface area contributed by atoms with Crippen LogP contribution in [0, 0.1) is 0 Å². The third kappa shape index (κ3) is 9.38. The molecule has 0 saturated heterocycles. The zero-order chi connectivity index (χ0) is 8.74. The van der Waals surface area contributed by atoms with Gasteiger partial charge < -0.3 is 4.84 Å². The zero-order valence-corrected chi connectivity index (χ0v) is 7.39. The predicted molar refractivity (Wildman–Crippen MR) is 43.0 cm³/mol. The topological polar surface area (TPSA) is 67.8 Å². The molecule has 0 aromatic heterocycles. The van der Waals surface area contributed by atoms with Crippen molar-refractivity contribution in [2.24, 2.45) is 5.16 Å². The normalized spacial score (nSPS) is 12.2. The molecule has 0 bridgehead atoms. The molecule has 1 N–H and O–H groups in total. The van der Waals surface area contributed by atoms with Crippen molar-refractivity contribution in [3.63, 3.8) is 0 Å². The van der Waals surface area contributed by atoms with Crippen molar-refractivity contribution >= 4 is 16.2 Å². The quantitative estimate of drug-likeness (QED) is 0.354. The SMILES string of the molecule is C/C=N/OCCNS(C)(=O)=O. The molecule has 0 aromatic carbocycles. The molecule has 0 unspecified atom stereocenters. The van der Waals surface area contributed by atoms with E-state index in [1.807, 2.05) is 0 Å². The molecule has 0 aliphatic carbocycles. The van der Waals surface area contributed by atoms with Crippen molar-refractivity contribution in [2.45, 2.75) is 6.92 Å². The van der Waals surface area contributed by atoms with Gasteiger partial charge in [0.05, 0.1) is 6.26 Å². The number of nitrogens with zero attached hydrogens (tertiary/aromatic N) is 1. The maximum Gasteiger partial charge on any atom is 0.208 e. The van der Waals surface area contributed by atoms with Crippen molar-refractivity contribution in [3.8, 4) is 0 Å². The van der Waals surface area contributed by atoms with Gasteiger partial charge in [0.1, 0.15) is 6.61 Å². The molecule has 0 spiro atoms. The number of hydrogen-bond donors (Lipinski definition) is 1. The largest absolute Gasteiger partial charge is 0.395 e. The van der Waals surface area contributed by atoms with Crippen LogP contribution < -0.4 is 4.72 Å². The highest BCUT2D eigenvalue weighted by molar-refractivity contribution is 7.88. The van der Waals surface area contributed by atoms with Crippen LogP contribution in [-0.4, -0.2) is 34.0 Å². The van der Waals surface area contributed by atoms with Gasteiger partial charge in [0.25, 0.3) is 0 Å². The van der Waals surface area contributed by atoms with Gasteiger partial charge >= 0.3 is 0 Å². The molecule has 0 atom stereocenters. The molecule has 66 valence electrons. The number of oxime groups is 1. The van der Waals surface area contributed by atoms with Gasteiger partial charge in [0.2, 0.25) is 10.0 Å². The molecule has 0 amide bonds. The van der Waals surface area contributed by atoms with Crippen molar-refractivity contribution in [1.29, 1.82) is 0 Å². The van der Waals surface area contributed by atoms with Crippen molar-refractivity contribution in [1.82, 2.24) is 4.72 Å². The second kappa shape index (κ2) is 5.09. The summed E-state index contributed by atoms with van der Waals surface area (Å²) < 4.78 is 23.2. The summed E-state index contributed by atoms with van der Waals surface area (Å²) in [5.41, 5.74) is 0. The first-order valence-corrected chi connectivity index (χ1v) is 5.00. The van der Waals surface area contributed by atoms with E-state index < -0.39 is 10.0 Å². The average Bonchev–Trinajstić information content (AvgIpc) is 1.85. The van der Waals surface area contributed by atoms with Gasteiger partial charge in [-0.05, 0) is 6.92 Å². The highest BCUT2D eigenvalue weighted by atomic mass is 32.2. The number of nitrogens with one attached hydrogen (secondary N) is 1. The van der Waals surface area contributed by atoms with E-state index in [0.717, 1.165) is 6.26 Å². The Kier molecular flexibility index (Phi) is 4.80. The summed E-state index contributed by atoms with van der Waals surface area (Å²) in [6.45, 7) is 2.21. The minimum Gasteiger partial charge on any atom is -0.395 e. The Morgan fingerprint density at radius 2 is 2.27 bits per heavy atom. The second-order valence-corrected chi connectivity index (χ2v) is 3.70. The fourth-order valence-corrected chi connectivity index (χ4v) is 0.854. The molecule has 0 saturated carbocycles. The molecular formula is C5H12N2O3S. The van der Waals surface area contributed by atoms with Crippen LogP contribution in [0.4, 0.5) is 0 Å². The van der Waals surface area contributed by atoms with Crippen molar-refractivity contribution < 1.29 is 13.3 Å². The van der Waals surface area contributed by atoms with Crippen LogP contribution in [0.2, 0.25) is 0 Å². The smallest absolute Gasteiger partial charge is 0.208 e. The molecule has 0 heterocycles. The molecule has 0 aliphatic rings. The summed E-state index contributed by atoms with van der Waals surface area (Å²) in [6, 6.07) is 0. The highest BCUT2D eigenvalue weighted by Crippen LogP contribution is 1.75. The summed E-state index contributed by atoms with van der Waals surface area (Å²) in [6.07, 6.45) is 2.58. The van der Waals surface area contributed by atoms with Crippen LogP contribution in [0.3, 0.4) is 0 Å². The van der Waals surface area contributed by atoms with Crippen LogP contribution in [0.15, 0.2) is 5.16 Å². The fraction of sp³-hybridized carbons (Fsp3) is 0.800. The molecule has 0 fully saturated rings. The third-order valence-electron chi connectivity index (χ3n) is 0.738. The van der Waals surface area contributed by atoms with Gasteiger partial charge in [0.15, 0.2) is 0 Å². The van der Waals surface area contributed by atoms with E-state index in [4.69, 9.17) is 0 Å². The summed E-state index contributed by atoms with van der Waals surface area (Å²) in [5.74, 6) is 0. The lowest BCUT2D eigenvalue weighted by molar-refractivity contribution is 0.151. The summed E-state index contributed by atoms with van der Waals surface area (Å²) in [7, 11) is -3.09. The minimum atomic E-state index is -3.09. The Hall–Kier alpha value is -0.620. The Morgan fingerprint density at radius 1 is 1.64 bits per heavy atom. The van der Waals surface area contributed by atoms with E-state index in [1.54, 1.807) is 6.92 Å². The molecular weight excluding hydrogens is 168 g/mol.